The van der Waals surface area contributed by atoms with Gasteiger partial charge in [0.05, 0.1) is 11.9 Å². The van der Waals surface area contributed by atoms with Crippen molar-refractivity contribution in [2.45, 2.75) is 31.1 Å². The predicted molar refractivity (Wildman–Crippen MR) is 77.1 cm³/mol. The predicted octanol–water partition coefficient (Wildman–Crippen LogP) is 2.21. The van der Waals surface area contributed by atoms with Gasteiger partial charge in [-0.05, 0) is 30.9 Å². The SMILES string of the molecule is CS(=O)(=O)Cc1ccccc1NCCC1CCCO1. The molecule has 4 nitrogen and oxygen atoms in total. The highest BCUT2D eigenvalue weighted by atomic mass is 32.2. The van der Waals surface area contributed by atoms with Gasteiger partial charge in [-0.15, -0.1) is 0 Å². The maximum absolute atomic E-state index is 11.4. The minimum Gasteiger partial charge on any atom is -0.385 e. The quantitative estimate of drug-likeness (QED) is 0.869. The summed E-state index contributed by atoms with van der Waals surface area (Å²) in [6, 6.07) is 7.57. The van der Waals surface area contributed by atoms with Gasteiger partial charge in [-0.3, -0.25) is 0 Å². The molecule has 0 aromatic heterocycles. The van der Waals surface area contributed by atoms with Gasteiger partial charge in [0.2, 0.25) is 0 Å². The number of nitrogens with one attached hydrogen (secondary N) is 1. The van der Waals surface area contributed by atoms with E-state index in [4.69, 9.17) is 4.74 Å². The second-order valence-electron chi connectivity index (χ2n) is 5.08. The molecule has 1 aromatic carbocycles. The van der Waals surface area contributed by atoms with Crippen LogP contribution in [0.25, 0.3) is 0 Å². The van der Waals surface area contributed by atoms with Crippen LogP contribution in [0.15, 0.2) is 24.3 Å². The van der Waals surface area contributed by atoms with Gasteiger partial charge in [-0.25, -0.2) is 8.42 Å². The van der Waals surface area contributed by atoms with Crippen LogP contribution in [0, 0.1) is 0 Å². The maximum Gasteiger partial charge on any atom is 0.151 e. The van der Waals surface area contributed by atoms with Crippen LogP contribution < -0.4 is 5.32 Å². The third-order valence-corrected chi connectivity index (χ3v) is 4.08. The summed E-state index contributed by atoms with van der Waals surface area (Å²) in [5.41, 5.74) is 1.74. The number of hydrogen-bond acceptors (Lipinski definition) is 4. The minimum absolute atomic E-state index is 0.0795. The molecule has 0 bridgehead atoms. The van der Waals surface area contributed by atoms with Crippen molar-refractivity contribution in [3.05, 3.63) is 29.8 Å². The summed E-state index contributed by atoms with van der Waals surface area (Å²) < 4.78 is 28.3. The molecule has 2 rings (SSSR count). The molecule has 0 amide bonds. The average Bonchev–Trinajstić information content (AvgIpc) is 2.82. The first kappa shape index (κ1) is 14.3. The van der Waals surface area contributed by atoms with E-state index in [1.165, 1.54) is 6.26 Å². The third-order valence-electron chi connectivity index (χ3n) is 3.24. The Labute approximate surface area is 115 Å². The summed E-state index contributed by atoms with van der Waals surface area (Å²) >= 11 is 0. The van der Waals surface area contributed by atoms with Gasteiger partial charge in [0.25, 0.3) is 0 Å². The van der Waals surface area contributed by atoms with Crippen molar-refractivity contribution in [3.63, 3.8) is 0 Å². The third kappa shape index (κ3) is 4.84. The highest BCUT2D eigenvalue weighted by Gasteiger charge is 2.15. The van der Waals surface area contributed by atoms with E-state index in [1.54, 1.807) is 0 Å². The summed E-state index contributed by atoms with van der Waals surface area (Å²) in [7, 11) is -3.01. The zero-order valence-corrected chi connectivity index (χ0v) is 12.1. The molecule has 1 saturated heterocycles. The van der Waals surface area contributed by atoms with Crippen LogP contribution in [-0.2, 0) is 20.3 Å². The fraction of sp³-hybridized carbons (Fsp3) is 0.571. The van der Waals surface area contributed by atoms with Crippen molar-refractivity contribution in [2.24, 2.45) is 0 Å². The Hall–Kier alpha value is -1.07. The summed E-state index contributed by atoms with van der Waals surface area (Å²) in [4.78, 5) is 0. The molecule has 1 aromatic rings. The van der Waals surface area contributed by atoms with Crippen molar-refractivity contribution < 1.29 is 13.2 Å². The zero-order chi connectivity index (χ0) is 13.7. The van der Waals surface area contributed by atoms with Gasteiger partial charge >= 0.3 is 0 Å². The lowest BCUT2D eigenvalue weighted by molar-refractivity contribution is 0.107. The molecule has 1 fully saturated rings. The van der Waals surface area contributed by atoms with Gasteiger partial charge in [0, 0.05) is 25.1 Å². The van der Waals surface area contributed by atoms with E-state index in [-0.39, 0.29) is 5.75 Å². The smallest absolute Gasteiger partial charge is 0.151 e. The molecule has 1 heterocycles. The number of rotatable bonds is 6. The molecule has 0 spiro atoms. The first-order chi connectivity index (χ1) is 9.04. The van der Waals surface area contributed by atoms with Gasteiger partial charge < -0.3 is 10.1 Å². The molecule has 5 heteroatoms. The monoisotopic (exact) mass is 283 g/mol. The second kappa shape index (κ2) is 6.39. The van der Waals surface area contributed by atoms with E-state index < -0.39 is 9.84 Å². The lowest BCUT2D eigenvalue weighted by atomic mass is 10.1. The number of ether oxygens (including phenoxy) is 1. The molecule has 19 heavy (non-hydrogen) atoms. The van der Waals surface area contributed by atoms with Crippen LogP contribution in [-0.4, -0.2) is 33.9 Å². The summed E-state index contributed by atoms with van der Waals surface area (Å²) in [6.07, 6.45) is 4.86. The van der Waals surface area contributed by atoms with Crippen molar-refractivity contribution in [3.8, 4) is 0 Å². The molecule has 0 radical (unpaired) electrons. The normalized spacial score (nSPS) is 19.5. The molecule has 0 saturated carbocycles. The van der Waals surface area contributed by atoms with E-state index in [0.717, 1.165) is 43.7 Å². The lowest BCUT2D eigenvalue weighted by Gasteiger charge is -2.13. The van der Waals surface area contributed by atoms with Crippen molar-refractivity contribution in [2.75, 3.05) is 24.7 Å². The molecule has 1 N–H and O–H groups in total. The van der Waals surface area contributed by atoms with Crippen molar-refractivity contribution >= 4 is 15.5 Å². The van der Waals surface area contributed by atoms with E-state index in [9.17, 15) is 8.42 Å². The first-order valence-electron chi connectivity index (χ1n) is 6.66. The van der Waals surface area contributed by atoms with Crippen LogP contribution in [0.3, 0.4) is 0 Å². The Morgan fingerprint density at radius 1 is 1.37 bits per heavy atom. The Morgan fingerprint density at radius 2 is 2.16 bits per heavy atom. The number of para-hydroxylation sites is 1. The molecular formula is C14H21NO3S. The summed E-state index contributed by atoms with van der Waals surface area (Å²) in [6.45, 7) is 1.68. The van der Waals surface area contributed by atoms with Gasteiger partial charge in [0.15, 0.2) is 9.84 Å². The van der Waals surface area contributed by atoms with Crippen LogP contribution in [0.5, 0.6) is 0 Å². The number of anilines is 1. The Bertz CT molecular complexity index is 507. The standard InChI is InChI=1S/C14H21NO3S/c1-19(16,17)11-12-5-2-3-7-14(12)15-9-8-13-6-4-10-18-13/h2-3,5,7,13,15H,4,6,8-11H2,1H3. The summed E-state index contributed by atoms with van der Waals surface area (Å²) in [5, 5.41) is 3.32. The number of sulfone groups is 1. The van der Waals surface area contributed by atoms with Gasteiger partial charge in [-0.1, -0.05) is 18.2 Å². The Morgan fingerprint density at radius 3 is 2.84 bits per heavy atom. The molecule has 1 aliphatic heterocycles. The topological polar surface area (TPSA) is 55.4 Å². The highest BCUT2D eigenvalue weighted by molar-refractivity contribution is 7.89. The van der Waals surface area contributed by atoms with Crippen LogP contribution >= 0.6 is 0 Å². The largest absolute Gasteiger partial charge is 0.385 e. The van der Waals surface area contributed by atoms with Crippen LogP contribution in [0.1, 0.15) is 24.8 Å². The second-order valence-corrected chi connectivity index (χ2v) is 7.22. The lowest BCUT2D eigenvalue weighted by Crippen LogP contribution is -2.13. The maximum atomic E-state index is 11.4. The molecule has 1 unspecified atom stereocenters. The Kier molecular flexibility index (Phi) is 4.82. The van der Waals surface area contributed by atoms with E-state index in [1.807, 2.05) is 24.3 Å². The summed E-state index contributed by atoms with van der Waals surface area (Å²) in [5.74, 6) is 0.0795. The minimum atomic E-state index is -3.01. The van der Waals surface area contributed by atoms with Crippen molar-refractivity contribution in [1.82, 2.24) is 0 Å². The number of benzene rings is 1. The van der Waals surface area contributed by atoms with Crippen molar-refractivity contribution in [1.29, 1.82) is 0 Å². The average molecular weight is 283 g/mol. The highest BCUT2D eigenvalue weighted by Crippen LogP contribution is 2.19. The first-order valence-corrected chi connectivity index (χ1v) is 8.72. The zero-order valence-electron chi connectivity index (χ0n) is 11.3. The van der Waals surface area contributed by atoms with Crippen LogP contribution in [0.4, 0.5) is 5.69 Å². The van der Waals surface area contributed by atoms with E-state index >= 15 is 0 Å². The molecule has 1 atom stereocenters. The number of hydrogen-bond donors (Lipinski definition) is 1. The fourth-order valence-electron chi connectivity index (χ4n) is 2.34. The van der Waals surface area contributed by atoms with Crippen LogP contribution in [0.2, 0.25) is 0 Å². The molecule has 106 valence electrons. The molecular weight excluding hydrogens is 262 g/mol. The van der Waals surface area contributed by atoms with E-state index in [2.05, 4.69) is 5.32 Å². The molecule has 0 aliphatic carbocycles. The van der Waals surface area contributed by atoms with Gasteiger partial charge in [-0.2, -0.15) is 0 Å². The Balaban J connectivity index is 1.91. The van der Waals surface area contributed by atoms with Gasteiger partial charge in [0.1, 0.15) is 0 Å². The molecule has 1 aliphatic rings. The fourth-order valence-corrected chi connectivity index (χ4v) is 3.16. The van der Waals surface area contributed by atoms with E-state index in [0.29, 0.717) is 6.10 Å².